The van der Waals surface area contributed by atoms with E-state index in [0.717, 1.165) is 54.3 Å². The fourth-order valence-corrected chi connectivity index (χ4v) is 8.03. The van der Waals surface area contributed by atoms with Crippen LogP contribution in [-0.2, 0) is 27.8 Å². The molecule has 2 aromatic carbocycles. The van der Waals surface area contributed by atoms with Crippen molar-refractivity contribution in [2.24, 2.45) is 0 Å². The van der Waals surface area contributed by atoms with E-state index in [4.69, 9.17) is 9.47 Å². The summed E-state index contributed by atoms with van der Waals surface area (Å²) in [6, 6.07) is 14.3. The average molecular weight is 463 g/mol. The summed E-state index contributed by atoms with van der Waals surface area (Å²) in [6.07, 6.45) is 5.42. The lowest BCUT2D eigenvalue weighted by Crippen LogP contribution is -2.84. The number of phenolic OH excluding ortho intramolecular Hbond substituents is 1. The minimum atomic E-state index is -1.06. The van der Waals surface area contributed by atoms with Crippen LogP contribution in [0.1, 0.15) is 55.7 Å². The molecule has 4 aliphatic rings. The van der Waals surface area contributed by atoms with E-state index < -0.39 is 16.6 Å². The Morgan fingerprint density at radius 3 is 2.71 bits per heavy atom. The second-order valence-corrected chi connectivity index (χ2v) is 11.4. The minimum Gasteiger partial charge on any atom is -0.504 e. The molecule has 0 aromatic heterocycles. The Kier molecular flexibility index (Phi) is 4.76. The molecule has 2 bridgehead atoms. The van der Waals surface area contributed by atoms with E-state index in [1.54, 1.807) is 6.07 Å². The number of hydrogen-bond donors (Lipinski definition) is 1. The minimum absolute atomic E-state index is 0.142. The Hall–Kier alpha value is -2.37. The molecule has 1 unspecified atom stereocenters. The highest BCUT2D eigenvalue weighted by Gasteiger charge is 2.82. The maximum atomic E-state index is 14.1. The summed E-state index contributed by atoms with van der Waals surface area (Å²) in [4.78, 5) is 14.1. The van der Waals surface area contributed by atoms with Crippen LogP contribution in [0.25, 0.3) is 0 Å². The zero-order chi connectivity index (χ0) is 23.8. The van der Waals surface area contributed by atoms with Gasteiger partial charge in [0.1, 0.15) is 11.6 Å². The second kappa shape index (κ2) is 7.32. The van der Waals surface area contributed by atoms with Gasteiger partial charge in [0.2, 0.25) is 0 Å². The lowest BCUT2D eigenvalue weighted by atomic mass is 9.43. The number of carbonyl (C=O) groups is 1. The zero-order valence-electron chi connectivity index (χ0n) is 20.6. The van der Waals surface area contributed by atoms with Crippen LogP contribution in [-0.4, -0.2) is 59.9 Å². The number of unbranched alkanes of at least 4 members (excludes halogenated alkanes) is 1. The van der Waals surface area contributed by atoms with E-state index in [1.807, 2.05) is 18.2 Å². The van der Waals surface area contributed by atoms with E-state index in [9.17, 15) is 9.90 Å². The van der Waals surface area contributed by atoms with Gasteiger partial charge in [-0.3, -0.25) is 4.79 Å². The molecule has 5 heteroatoms. The van der Waals surface area contributed by atoms with Gasteiger partial charge in [-0.2, -0.15) is 0 Å². The van der Waals surface area contributed by atoms with Gasteiger partial charge in [0.15, 0.2) is 22.9 Å². The molecule has 1 saturated heterocycles. The van der Waals surface area contributed by atoms with Crippen LogP contribution >= 0.6 is 0 Å². The summed E-state index contributed by atoms with van der Waals surface area (Å²) >= 11 is 0. The van der Waals surface area contributed by atoms with Crippen LogP contribution in [0.3, 0.4) is 0 Å². The first kappa shape index (κ1) is 22.1. The first-order valence-electron chi connectivity index (χ1n) is 12.9. The molecule has 2 aromatic rings. The number of Topliss-reactive ketones (excluding diaryl/α,β-unsaturated/α-hetero) is 1. The fraction of sp³-hybridized carbons (Fsp3) is 0.552. The molecule has 1 saturated carbocycles. The summed E-state index contributed by atoms with van der Waals surface area (Å²) in [5.41, 5.74) is 1.20. The Morgan fingerprint density at radius 1 is 1.15 bits per heavy atom. The smallest absolute Gasteiger partial charge is 0.184 e. The predicted octanol–water partition coefficient (Wildman–Crippen LogP) is 4.33. The number of benzene rings is 2. The van der Waals surface area contributed by atoms with E-state index >= 15 is 0 Å². The van der Waals surface area contributed by atoms with Crippen molar-refractivity contribution in [3.8, 4) is 11.5 Å². The SMILES string of the molecule is CCCCO[C@@]12CCC(=O)C3(Cc4ccccc4)Oc4c(O)ccc5c4[C@@]31CC[N+](C)(C)[C@@H]2C5. The number of rotatable bonds is 6. The summed E-state index contributed by atoms with van der Waals surface area (Å²) in [5.74, 6) is 0.821. The first-order chi connectivity index (χ1) is 16.3. The second-order valence-electron chi connectivity index (χ2n) is 11.4. The number of likely N-dealkylation sites (tertiary alicyclic amines) is 1. The van der Waals surface area contributed by atoms with Crippen LogP contribution in [0.15, 0.2) is 42.5 Å². The highest BCUT2D eigenvalue weighted by molar-refractivity contribution is 5.94. The quantitative estimate of drug-likeness (QED) is 0.513. The van der Waals surface area contributed by atoms with Crippen molar-refractivity contribution in [2.45, 2.75) is 74.5 Å². The molecule has 1 spiro atoms. The van der Waals surface area contributed by atoms with Gasteiger partial charge in [0.25, 0.3) is 0 Å². The van der Waals surface area contributed by atoms with Crippen molar-refractivity contribution in [2.75, 3.05) is 27.2 Å². The molecule has 6 rings (SSSR count). The van der Waals surface area contributed by atoms with Crippen molar-refractivity contribution >= 4 is 5.78 Å². The lowest BCUT2D eigenvalue weighted by Gasteiger charge is -2.67. The van der Waals surface area contributed by atoms with Crippen LogP contribution in [0.2, 0.25) is 0 Å². The molecule has 2 aliphatic heterocycles. The summed E-state index contributed by atoms with van der Waals surface area (Å²) in [5, 5.41) is 11.0. The molecule has 0 radical (unpaired) electrons. The number of ketones is 1. The number of hydrogen-bond acceptors (Lipinski definition) is 4. The monoisotopic (exact) mass is 462 g/mol. The molecule has 2 fully saturated rings. The molecule has 180 valence electrons. The highest BCUT2D eigenvalue weighted by atomic mass is 16.5. The van der Waals surface area contributed by atoms with Gasteiger partial charge in [0, 0.05) is 37.9 Å². The number of nitrogens with zero attached hydrogens (tertiary/aromatic N) is 1. The third-order valence-corrected chi connectivity index (χ3v) is 9.52. The summed E-state index contributed by atoms with van der Waals surface area (Å²) < 4.78 is 14.8. The van der Waals surface area contributed by atoms with Crippen molar-refractivity contribution in [3.05, 3.63) is 59.2 Å². The number of likely N-dealkylation sites (N-methyl/N-ethyl adjacent to an activating group) is 1. The summed E-state index contributed by atoms with van der Waals surface area (Å²) in [6.45, 7) is 3.83. The Balaban J connectivity index is 1.65. The molecule has 2 heterocycles. The predicted molar refractivity (Wildman–Crippen MR) is 130 cm³/mol. The summed E-state index contributed by atoms with van der Waals surface area (Å²) in [7, 11) is 4.64. The molecular formula is C29H36NO4+. The first-order valence-corrected chi connectivity index (χ1v) is 12.9. The number of piperidine rings is 1. The van der Waals surface area contributed by atoms with Gasteiger partial charge < -0.3 is 19.1 Å². The van der Waals surface area contributed by atoms with E-state index in [0.29, 0.717) is 25.2 Å². The number of aromatic hydroxyl groups is 1. The van der Waals surface area contributed by atoms with Crippen LogP contribution < -0.4 is 4.74 Å². The third kappa shape index (κ3) is 2.55. The maximum Gasteiger partial charge on any atom is 0.184 e. The van der Waals surface area contributed by atoms with Gasteiger partial charge in [-0.05, 0) is 30.0 Å². The number of quaternary nitrogens is 1. The molecular weight excluding hydrogens is 426 g/mol. The molecule has 4 atom stereocenters. The molecule has 5 nitrogen and oxygen atoms in total. The van der Waals surface area contributed by atoms with Crippen LogP contribution in [0.4, 0.5) is 0 Å². The average Bonchev–Trinajstić information content (AvgIpc) is 3.13. The zero-order valence-corrected chi connectivity index (χ0v) is 20.6. The number of phenols is 1. The molecule has 34 heavy (non-hydrogen) atoms. The number of ether oxygens (including phenoxy) is 2. The maximum absolute atomic E-state index is 14.1. The fourth-order valence-electron chi connectivity index (χ4n) is 8.03. The van der Waals surface area contributed by atoms with E-state index in [2.05, 4.69) is 39.2 Å². The van der Waals surface area contributed by atoms with Crippen molar-refractivity contribution in [3.63, 3.8) is 0 Å². The normalized spacial score (nSPS) is 34.4. The topological polar surface area (TPSA) is 55.8 Å². The highest BCUT2D eigenvalue weighted by Crippen LogP contribution is 2.70. The van der Waals surface area contributed by atoms with Crippen molar-refractivity contribution in [1.29, 1.82) is 0 Å². The van der Waals surface area contributed by atoms with Gasteiger partial charge in [0.05, 0.1) is 26.1 Å². The Labute approximate surface area is 202 Å². The number of carbonyl (C=O) groups excluding carboxylic acids is 1. The van der Waals surface area contributed by atoms with Crippen molar-refractivity contribution < 1.29 is 23.9 Å². The van der Waals surface area contributed by atoms with E-state index in [-0.39, 0.29) is 17.6 Å². The van der Waals surface area contributed by atoms with Gasteiger partial charge in [-0.25, -0.2) is 0 Å². The molecule has 2 aliphatic carbocycles. The van der Waals surface area contributed by atoms with Gasteiger partial charge in [-0.1, -0.05) is 49.7 Å². The van der Waals surface area contributed by atoms with Crippen molar-refractivity contribution in [1.82, 2.24) is 0 Å². The van der Waals surface area contributed by atoms with E-state index in [1.165, 1.54) is 5.56 Å². The van der Waals surface area contributed by atoms with Gasteiger partial charge in [-0.15, -0.1) is 0 Å². The third-order valence-electron chi connectivity index (χ3n) is 9.52. The van der Waals surface area contributed by atoms with Crippen LogP contribution in [0, 0.1) is 0 Å². The van der Waals surface area contributed by atoms with Gasteiger partial charge >= 0.3 is 0 Å². The lowest BCUT2D eigenvalue weighted by molar-refractivity contribution is -0.932. The Bertz CT molecular complexity index is 1140. The Morgan fingerprint density at radius 2 is 1.94 bits per heavy atom. The molecule has 1 N–H and O–H groups in total. The molecule has 0 amide bonds. The van der Waals surface area contributed by atoms with Crippen LogP contribution in [0.5, 0.6) is 11.5 Å². The largest absolute Gasteiger partial charge is 0.504 e. The standard InChI is InChI=1S/C29H35NO4/c1-4-5-17-33-28-14-13-24(32)29(19-20-9-7-6-8-10-20)27(28)15-16-30(2,3)23(28)18-21-11-12-22(31)26(34-29)25(21)27/h6-12,23H,4-5,13-19H2,1-3H3/p+1/t23-,27-,28-,29?/m1/s1.